The van der Waals surface area contributed by atoms with Crippen molar-refractivity contribution < 1.29 is 9.53 Å². The summed E-state index contributed by atoms with van der Waals surface area (Å²) in [4.78, 5) is 14.1. The van der Waals surface area contributed by atoms with E-state index in [9.17, 15) is 4.79 Å². The quantitative estimate of drug-likeness (QED) is 0.863. The minimum absolute atomic E-state index is 0.0581. The average Bonchev–Trinajstić information content (AvgIpc) is 3.20. The maximum absolute atomic E-state index is 12.3. The number of rotatable bonds is 4. The van der Waals surface area contributed by atoms with Crippen molar-refractivity contribution >= 4 is 5.91 Å². The molecule has 0 aliphatic carbocycles. The summed E-state index contributed by atoms with van der Waals surface area (Å²) in [6, 6.07) is 9.87. The maximum atomic E-state index is 12.3. The molecule has 0 N–H and O–H groups in total. The summed E-state index contributed by atoms with van der Waals surface area (Å²) in [5, 5.41) is 4.27. The van der Waals surface area contributed by atoms with Gasteiger partial charge in [0.2, 0.25) is 0 Å². The molecule has 1 atom stereocenters. The van der Waals surface area contributed by atoms with Crippen molar-refractivity contribution in [3.8, 4) is 5.69 Å². The van der Waals surface area contributed by atoms with Crippen LogP contribution in [0.1, 0.15) is 18.4 Å². The van der Waals surface area contributed by atoms with E-state index in [0.29, 0.717) is 13.2 Å². The molecule has 1 aromatic carbocycles. The number of carbonyl (C=O) groups excluding carboxylic acids is 1. The largest absolute Gasteiger partial charge is 0.368 e. The van der Waals surface area contributed by atoms with Crippen LogP contribution in [0, 0.1) is 0 Å². The van der Waals surface area contributed by atoms with Crippen LogP contribution in [0.4, 0.5) is 0 Å². The summed E-state index contributed by atoms with van der Waals surface area (Å²) in [5.41, 5.74) is 2.06. The molecule has 110 valence electrons. The van der Waals surface area contributed by atoms with Gasteiger partial charge in [-0.1, -0.05) is 18.2 Å². The van der Waals surface area contributed by atoms with E-state index in [4.69, 9.17) is 4.74 Å². The first kappa shape index (κ1) is 13.8. The average molecular weight is 285 g/mol. The number of hydrogen-bond donors (Lipinski definition) is 0. The number of nitrogens with zero attached hydrogens (tertiary/aromatic N) is 3. The molecule has 0 saturated carbocycles. The van der Waals surface area contributed by atoms with Crippen LogP contribution in [0.25, 0.3) is 5.69 Å². The number of carbonyl (C=O) groups is 1. The SMILES string of the molecule is CN(Cc1ccccc1-n1cccn1)C(=O)[C@H]1CCCO1. The minimum Gasteiger partial charge on any atom is -0.368 e. The molecule has 1 aliphatic heterocycles. The number of benzene rings is 1. The molecule has 1 amide bonds. The number of hydrogen-bond acceptors (Lipinski definition) is 3. The molecule has 2 heterocycles. The molecular weight excluding hydrogens is 266 g/mol. The molecule has 1 fully saturated rings. The van der Waals surface area contributed by atoms with Gasteiger partial charge in [-0.3, -0.25) is 4.79 Å². The zero-order valence-electron chi connectivity index (χ0n) is 12.1. The Balaban J connectivity index is 1.77. The normalized spacial score (nSPS) is 17.9. The highest BCUT2D eigenvalue weighted by Crippen LogP contribution is 2.18. The Morgan fingerprint density at radius 1 is 1.43 bits per heavy atom. The van der Waals surface area contributed by atoms with Crippen molar-refractivity contribution in [2.45, 2.75) is 25.5 Å². The Morgan fingerprint density at radius 2 is 2.29 bits per heavy atom. The molecule has 0 spiro atoms. The lowest BCUT2D eigenvalue weighted by molar-refractivity contribution is -0.140. The summed E-state index contributed by atoms with van der Waals surface area (Å²) in [7, 11) is 1.82. The van der Waals surface area contributed by atoms with Crippen LogP contribution in [0.2, 0.25) is 0 Å². The van der Waals surface area contributed by atoms with Gasteiger partial charge in [0.25, 0.3) is 5.91 Å². The van der Waals surface area contributed by atoms with Crippen LogP contribution in [-0.4, -0.2) is 40.3 Å². The highest BCUT2D eigenvalue weighted by atomic mass is 16.5. The summed E-state index contributed by atoms with van der Waals surface area (Å²) in [5.74, 6) is 0.0581. The van der Waals surface area contributed by atoms with Crippen LogP contribution >= 0.6 is 0 Å². The Hall–Kier alpha value is -2.14. The monoisotopic (exact) mass is 285 g/mol. The summed E-state index contributed by atoms with van der Waals surface area (Å²) in [6.45, 7) is 1.24. The highest BCUT2D eigenvalue weighted by Gasteiger charge is 2.26. The molecule has 5 heteroatoms. The fourth-order valence-corrected chi connectivity index (χ4v) is 2.63. The predicted octanol–water partition coefficient (Wildman–Crippen LogP) is 2.01. The van der Waals surface area contributed by atoms with Gasteiger partial charge in [-0.2, -0.15) is 5.10 Å². The van der Waals surface area contributed by atoms with Crippen molar-refractivity contribution in [2.24, 2.45) is 0 Å². The fourth-order valence-electron chi connectivity index (χ4n) is 2.63. The third-order valence-corrected chi connectivity index (χ3v) is 3.73. The second-order valence-corrected chi connectivity index (χ2v) is 5.28. The first-order valence-electron chi connectivity index (χ1n) is 7.20. The van der Waals surface area contributed by atoms with Crippen molar-refractivity contribution in [1.82, 2.24) is 14.7 Å². The topological polar surface area (TPSA) is 47.4 Å². The lowest BCUT2D eigenvalue weighted by Crippen LogP contribution is -2.35. The number of amides is 1. The van der Waals surface area contributed by atoms with E-state index >= 15 is 0 Å². The molecule has 0 unspecified atom stereocenters. The zero-order valence-corrected chi connectivity index (χ0v) is 12.1. The van der Waals surface area contributed by atoms with E-state index in [2.05, 4.69) is 5.10 Å². The van der Waals surface area contributed by atoms with E-state index in [0.717, 1.165) is 24.1 Å². The third-order valence-electron chi connectivity index (χ3n) is 3.73. The fraction of sp³-hybridized carbons (Fsp3) is 0.375. The Bertz CT molecular complexity index is 604. The van der Waals surface area contributed by atoms with Gasteiger partial charge in [-0.05, 0) is 30.5 Å². The molecule has 1 saturated heterocycles. The van der Waals surface area contributed by atoms with E-state index in [1.165, 1.54) is 0 Å². The lowest BCUT2D eigenvalue weighted by atomic mass is 10.1. The molecule has 0 bridgehead atoms. The molecule has 1 aromatic heterocycles. The lowest BCUT2D eigenvalue weighted by Gasteiger charge is -2.22. The van der Waals surface area contributed by atoms with Crippen LogP contribution in [0.15, 0.2) is 42.7 Å². The molecular formula is C16H19N3O2. The number of likely N-dealkylation sites (N-methyl/N-ethyl adjacent to an activating group) is 1. The molecule has 5 nitrogen and oxygen atoms in total. The summed E-state index contributed by atoms with van der Waals surface area (Å²) < 4.78 is 7.29. The van der Waals surface area contributed by atoms with Gasteiger partial charge in [-0.15, -0.1) is 0 Å². The van der Waals surface area contributed by atoms with Gasteiger partial charge in [0.1, 0.15) is 6.10 Å². The smallest absolute Gasteiger partial charge is 0.251 e. The van der Waals surface area contributed by atoms with Crippen LogP contribution in [0.5, 0.6) is 0 Å². The summed E-state index contributed by atoms with van der Waals surface area (Å²) >= 11 is 0. The van der Waals surface area contributed by atoms with Crippen LogP contribution in [-0.2, 0) is 16.1 Å². The van der Waals surface area contributed by atoms with Crippen molar-refractivity contribution in [3.63, 3.8) is 0 Å². The number of aromatic nitrogens is 2. The second kappa shape index (κ2) is 6.10. The first-order valence-corrected chi connectivity index (χ1v) is 7.20. The standard InChI is InChI=1S/C16H19N3O2/c1-18(16(20)15-8-4-11-21-15)12-13-6-2-3-7-14(13)19-10-5-9-17-19/h2-3,5-7,9-10,15H,4,8,11-12H2,1H3/t15-/m1/s1. The summed E-state index contributed by atoms with van der Waals surface area (Å²) in [6.07, 6.45) is 5.17. The second-order valence-electron chi connectivity index (χ2n) is 5.28. The van der Waals surface area contributed by atoms with Crippen LogP contribution in [0.3, 0.4) is 0 Å². The van der Waals surface area contributed by atoms with Gasteiger partial charge in [-0.25, -0.2) is 4.68 Å². The van der Waals surface area contributed by atoms with Crippen molar-refractivity contribution in [1.29, 1.82) is 0 Å². The maximum Gasteiger partial charge on any atom is 0.251 e. The number of para-hydroxylation sites is 1. The molecule has 1 aliphatic rings. The predicted molar refractivity (Wildman–Crippen MR) is 79.0 cm³/mol. The molecule has 2 aromatic rings. The molecule has 0 radical (unpaired) electrons. The Morgan fingerprint density at radius 3 is 3.00 bits per heavy atom. The van der Waals surface area contributed by atoms with Crippen LogP contribution < -0.4 is 0 Å². The Labute approximate surface area is 124 Å². The van der Waals surface area contributed by atoms with Gasteiger partial charge < -0.3 is 9.64 Å². The van der Waals surface area contributed by atoms with Crippen molar-refractivity contribution in [2.75, 3.05) is 13.7 Å². The van der Waals surface area contributed by atoms with E-state index in [1.54, 1.807) is 11.1 Å². The minimum atomic E-state index is -0.271. The highest BCUT2D eigenvalue weighted by molar-refractivity contribution is 5.81. The van der Waals surface area contributed by atoms with Gasteiger partial charge >= 0.3 is 0 Å². The van der Waals surface area contributed by atoms with Crippen molar-refractivity contribution in [3.05, 3.63) is 48.3 Å². The first-order chi connectivity index (χ1) is 10.3. The van der Waals surface area contributed by atoms with E-state index in [1.807, 2.05) is 48.3 Å². The molecule has 21 heavy (non-hydrogen) atoms. The molecule has 3 rings (SSSR count). The van der Waals surface area contributed by atoms with E-state index in [-0.39, 0.29) is 12.0 Å². The van der Waals surface area contributed by atoms with E-state index < -0.39 is 0 Å². The Kier molecular flexibility index (Phi) is 4.01. The van der Waals surface area contributed by atoms with Gasteiger partial charge in [0.15, 0.2) is 0 Å². The third kappa shape index (κ3) is 2.97. The van der Waals surface area contributed by atoms with Gasteiger partial charge in [0.05, 0.1) is 5.69 Å². The zero-order chi connectivity index (χ0) is 14.7. The van der Waals surface area contributed by atoms with Gasteiger partial charge in [0, 0.05) is 32.6 Å². The number of ether oxygens (including phenoxy) is 1.